The minimum absolute atomic E-state index is 0.323. The predicted octanol–water partition coefficient (Wildman–Crippen LogP) is 0.215. The van der Waals surface area contributed by atoms with Crippen LogP contribution >= 0.6 is 0 Å². The van der Waals surface area contributed by atoms with Crippen molar-refractivity contribution >= 4 is 5.91 Å². The maximum absolute atomic E-state index is 12.1. The molecule has 0 aromatic heterocycles. The van der Waals surface area contributed by atoms with Crippen LogP contribution in [0.3, 0.4) is 0 Å². The number of rotatable bonds is 3. The number of carbonyl (C=O) groups excluding carboxylic acids is 1. The van der Waals surface area contributed by atoms with Gasteiger partial charge >= 0.3 is 0 Å². The SMILES string of the molecule is Cc1ccc(C(N)C(O)C(=O)N2CCOCC2)cc1. The summed E-state index contributed by atoms with van der Waals surface area (Å²) in [6.45, 7) is 4.02. The van der Waals surface area contributed by atoms with Gasteiger partial charge in [-0.15, -0.1) is 0 Å². The zero-order valence-corrected chi connectivity index (χ0v) is 11.1. The minimum Gasteiger partial charge on any atom is -0.381 e. The Morgan fingerprint density at radius 2 is 1.89 bits per heavy atom. The number of hydrogen-bond donors (Lipinski definition) is 2. The van der Waals surface area contributed by atoms with Crippen LogP contribution in [0.5, 0.6) is 0 Å². The van der Waals surface area contributed by atoms with Gasteiger partial charge in [-0.25, -0.2) is 0 Å². The van der Waals surface area contributed by atoms with E-state index in [1.54, 1.807) is 4.90 Å². The van der Waals surface area contributed by atoms with Gasteiger partial charge in [0.15, 0.2) is 6.10 Å². The van der Waals surface area contributed by atoms with Crippen LogP contribution in [-0.2, 0) is 9.53 Å². The number of nitrogens with two attached hydrogens (primary N) is 1. The van der Waals surface area contributed by atoms with Gasteiger partial charge in [-0.2, -0.15) is 0 Å². The summed E-state index contributed by atoms with van der Waals surface area (Å²) in [6.07, 6.45) is -1.21. The first-order chi connectivity index (χ1) is 9.09. The molecule has 0 saturated carbocycles. The average molecular weight is 264 g/mol. The van der Waals surface area contributed by atoms with E-state index in [0.717, 1.165) is 11.1 Å². The third-order valence-corrected chi connectivity index (χ3v) is 3.38. The zero-order chi connectivity index (χ0) is 13.8. The first-order valence-corrected chi connectivity index (χ1v) is 6.46. The van der Waals surface area contributed by atoms with Gasteiger partial charge in [0.1, 0.15) is 0 Å². The molecule has 0 bridgehead atoms. The average Bonchev–Trinajstić information content (AvgIpc) is 2.46. The Labute approximate surface area is 113 Å². The van der Waals surface area contributed by atoms with Crippen molar-refractivity contribution in [1.29, 1.82) is 0 Å². The lowest BCUT2D eigenvalue weighted by Gasteiger charge is -2.30. The van der Waals surface area contributed by atoms with Crippen molar-refractivity contribution in [1.82, 2.24) is 4.90 Å². The molecule has 1 heterocycles. The van der Waals surface area contributed by atoms with E-state index in [1.165, 1.54) is 0 Å². The van der Waals surface area contributed by atoms with Crippen LogP contribution in [-0.4, -0.2) is 48.3 Å². The standard InChI is InChI=1S/C14H20N2O3/c1-10-2-4-11(5-3-10)12(15)13(17)14(18)16-6-8-19-9-7-16/h2-5,12-13,17H,6-9,15H2,1H3. The molecule has 1 aromatic rings. The van der Waals surface area contributed by atoms with E-state index in [9.17, 15) is 9.90 Å². The maximum Gasteiger partial charge on any atom is 0.253 e. The molecule has 1 amide bonds. The molecule has 19 heavy (non-hydrogen) atoms. The van der Waals surface area contributed by atoms with Crippen LogP contribution in [0.25, 0.3) is 0 Å². The first kappa shape index (κ1) is 14.0. The molecule has 1 saturated heterocycles. The van der Waals surface area contributed by atoms with Gasteiger partial charge in [-0.3, -0.25) is 4.79 Å². The number of amides is 1. The molecule has 1 aliphatic rings. The van der Waals surface area contributed by atoms with Crippen LogP contribution in [0, 0.1) is 6.92 Å². The van der Waals surface area contributed by atoms with Gasteiger partial charge < -0.3 is 20.5 Å². The highest BCUT2D eigenvalue weighted by Crippen LogP contribution is 2.17. The lowest BCUT2D eigenvalue weighted by atomic mass is 10.00. The van der Waals surface area contributed by atoms with Crippen LogP contribution < -0.4 is 5.73 Å². The summed E-state index contributed by atoms with van der Waals surface area (Å²) < 4.78 is 5.18. The number of benzene rings is 1. The first-order valence-electron chi connectivity index (χ1n) is 6.46. The highest BCUT2D eigenvalue weighted by Gasteiger charge is 2.29. The topological polar surface area (TPSA) is 75.8 Å². The molecular formula is C14H20N2O3. The number of carbonyl (C=O) groups is 1. The number of ether oxygens (including phenoxy) is 1. The fraction of sp³-hybridized carbons (Fsp3) is 0.500. The van der Waals surface area contributed by atoms with E-state index in [4.69, 9.17) is 10.5 Å². The second kappa shape index (κ2) is 6.14. The third kappa shape index (κ3) is 3.32. The van der Waals surface area contributed by atoms with Crippen LogP contribution in [0.2, 0.25) is 0 Å². The number of nitrogens with zero attached hydrogens (tertiary/aromatic N) is 1. The molecule has 5 heteroatoms. The Balaban J connectivity index is 2.03. The highest BCUT2D eigenvalue weighted by molar-refractivity contribution is 5.81. The predicted molar refractivity (Wildman–Crippen MR) is 71.5 cm³/mol. The van der Waals surface area contributed by atoms with E-state index in [-0.39, 0.29) is 5.91 Å². The number of hydrogen-bond acceptors (Lipinski definition) is 4. The lowest BCUT2D eigenvalue weighted by Crippen LogP contribution is -2.48. The molecular weight excluding hydrogens is 244 g/mol. The summed E-state index contributed by atoms with van der Waals surface area (Å²) in [5.74, 6) is -0.323. The van der Waals surface area contributed by atoms with E-state index >= 15 is 0 Å². The lowest BCUT2D eigenvalue weighted by molar-refractivity contribution is -0.145. The number of aryl methyl sites for hydroxylation is 1. The van der Waals surface area contributed by atoms with Gasteiger partial charge in [0.05, 0.1) is 19.3 Å². The van der Waals surface area contributed by atoms with E-state index < -0.39 is 12.1 Å². The monoisotopic (exact) mass is 264 g/mol. The second-order valence-electron chi connectivity index (χ2n) is 4.82. The summed E-state index contributed by atoms with van der Waals surface area (Å²) in [4.78, 5) is 13.7. The van der Waals surface area contributed by atoms with Gasteiger partial charge in [-0.05, 0) is 12.5 Å². The van der Waals surface area contributed by atoms with Crippen molar-refractivity contribution in [3.63, 3.8) is 0 Å². The molecule has 104 valence electrons. The summed E-state index contributed by atoms with van der Waals surface area (Å²) >= 11 is 0. The van der Waals surface area contributed by atoms with Gasteiger partial charge in [-0.1, -0.05) is 29.8 Å². The Morgan fingerprint density at radius 1 is 1.32 bits per heavy atom. The van der Waals surface area contributed by atoms with Crippen molar-refractivity contribution in [2.75, 3.05) is 26.3 Å². The summed E-state index contributed by atoms with van der Waals surface area (Å²) in [6, 6.07) is 6.82. The molecule has 2 unspecified atom stereocenters. The number of morpholine rings is 1. The number of aliphatic hydroxyl groups is 1. The number of aliphatic hydroxyl groups excluding tert-OH is 1. The molecule has 1 aromatic carbocycles. The molecule has 0 aliphatic carbocycles. The smallest absolute Gasteiger partial charge is 0.253 e. The van der Waals surface area contributed by atoms with E-state index in [1.807, 2.05) is 31.2 Å². The Kier molecular flexibility index (Phi) is 4.52. The molecule has 0 radical (unpaired) electrons. The van der Waals surface area contributed by atoms with Crippen LogP contribution in [0.1, 0.15) is 17.2 Å². The van der Waals surface area contributed by atoms with Gasteiger partial charge in [0.2, 0.25) is 0 Å². The third-order valence-electron chi connectivity index (χ3n) is 3.38. The van der Waals surface area contributed by atoms with E-state index in [2.05, 4.69) is 0 Å². The van der Waals surface area contributed by atoms with Crippen molar-refractivity contribution < 1.29 is 14.6 Å². The quantitative estimate of drug-likeness (QED) is 0.818. The summed E-state index contributed by atoms with van der Waals surface area (Å²) in [7, 11) is 0. The molecule has 2 rings (SSSR count). The Bertz CT molecular complexity index is 427. The van der Waals surface area contributed by atoms with E-state index in [0.29, 0.717) is 26.3 Å². The Morgan fingerprint density at radius 3 is 2.47 bits per heavy atom. The molecule has 3 N–H and O–H groups in total. The Hall–Kier alpha value is -1.43. The fourth-order valence-corrected chi connectivity index (χ4v) is 2.10. The van der Waals surface area contributed by atoms with Gasteiger partial charge in [0.25, 0.3) is 5.91 Å². The minimum atomic E-state index is -1.21. The fourth-order valence-electron chi connectivity index (χ4n) is 2.10. The van der Waals surface area contributed by atoms with Gasteiger partial charge in [0, 0.05) is 13.1 Å². The summed E-state index contributed by atoms with van der Waals surface area (Å²) in [5.41, 5.74) is 7.85. The van der Waals surface area contributed by atoms with Crippen molar-refractivity contribution in [2.45, 2.75) is 19.1 Å². The molecule has 5 nitrogen and oxygen atoms in total. The van der Waals surface area contributed by atoms with Crippen LogP contribution in [0.4, 0.5) is 0 Å². The summed E-state index contributed by atoms with van der Waals surface area (Å²) in [5, 5.41) is 10.1. The normalized spacial score (nSPS) is 19.0. The second-order valence-corrected chi connectivity index (χ2v) is 4.82. The highest BCUT2D eigenvalue weighted by atomic mass is 16.5. The van der Waals surface area contributed by atoms with Crippen LogP contribution in [0.15, 0.2) is 24.3 Å². The molecule has 0 spiro atoms. The molecule has 1 aliphatic heterocycles. The largest absolute Gasteiger partial charge is 0.381 e. The molecule has 2 atom stereocenters. The maximum atomic E-state index is 12.1. The van der Waals surface area contributed by atoms with Crippen molar-refractivity contribution in [2.24, 2.45) is 5.73 Å². The van der Waals surface area contributed by atoms with Crippen molar-refractivity contribution in [3.8, 4) is 0 Å². The zero-order valence-electron chi connectivity index (χ0n) is 11.1. The molecule has 1 fully saturated rings. The van der Waals surface area contributed by atoms with Crippen molar-refractivity contribution in [3.05, 3.63) is 35.4 Å².